The van der Waals surface area contributed by atoms with E-state index in [0.717, 1.165) is 12.8 Å². The Morgan fingerprint density at radius 3 is 2.40 bits per heavy atom. The van der Waals surface area contributed by atoms with Gasteiger partial charge in [0.1, 0.15) is 4.99 Å². The number of aliphatic hydroxyl groups excluding tert-OH is 1. The second-order valence-corrected chi connectivity index (χ2v) is 7.12. The highest BCUT2D eigenvalue weighted by Crippen LogP contribution is 2.20. The van der Waals surface area contributed by atoms with E-state index in [0.29, 0.717) is 18.4 Å². The van der Waals surface area contributed by atoms with Gasteiger partial charge in [-0.3, -0.25) is 0 Å². The number of nitrogens with one attached hydrogen (secondary N) is 1. The van der Waals surface area contributed by atoms with Crippen LogP contribution in [0.15, 0.2) is 29.2 Å². The molecule has 0 aromatic heterocycles. The topological polar surface area (TPSA) is 92.4 Å². The van der Waals surface area contributed by atoms with Crippen molar-refractivity contribution in [1.29, 1.82) is 0 Å². The average molecular weight is 314 g/mol. The van der Waals surface area contributed by atoms with E-state index in [4.69, 9.17) is 18.0 Å². The molecule has 7 heteroatoms. The van der Waals surface area contributed by atoms with Crippen LogP contribution in [0, 0.1) is 0 Å². The van der Waals surface area contributed by atoms with Crippen molar-refractivity contribution in [2.45, 2.75) is 42.7 Å². The molecule has 1 saturated carbocycles. The fourth-order valence-electron chi connectivity index (χ4n) is 2.31. The maximum absolute atomic E-state index is 12.2. The zero-order chi connectivity index (χ0) is 14.8. The molecule has 110 valence electrons. The Bertz CT molecular complexity index is 584. The quantitative estimate of drug-likeness (QED) is 0.718. The van der Waals surface area contributed by atoms with E-state index in [1.54, 1.807) is 12.1 Å². The Kier molecular flexibility index (Phi) is 4.74. The van der Waals surface area contributed by atoms with Crippen LogP contribution in [-0.2, 0) is 10.0 Å². The Morgan fingerprint density at radius 1 is 1.25 bits per heavy atom. The first kappa shape index (κ1) is 15.4. The molecule has 2 rings (SSSR count). The summed E-state index contributed by atoms with van der Waals surface area (Å²) in [6, 6.07) is 5.67. The summed E-state index contributed by atoms with van der Waals surface area (Å²) in [6.07, 6.45) is 2.53. The lowest BCUT2D eigenvalue weighted by Gasteiger charge is -2.28. The molecule has 1 aliphatic carbocycles. The molecule has 0 heterocycles. The van der Waals surface area contributed by atoms with E-state index in [9.17, 15) is 13.5 Å². The van der Waals surface area contributed by atoms with Crippen molar-refractivity contribution in [2.75, 3.05) is 0 Å². The van der Waals surface area contributed by atoms with Gasteiger partial charge >= 0.3 is 0 Å². The molecule has 0 radical (unpaired) electrons. The summed E-state index contributed by atoms with van der Waals surface area (Å²) in [7, 11) is -3.63. The third-order valence-corrected chi connectivity index (χ3v) is 5.23. The van der Waals surface area contributed by atoms with Crippen LogP contribution in [0.3, 0.4) is 0 Å². The fraction of sp³-hybridized carbons (Fsp3) is 0.462. The van der Waals surface area contributed by atoms with Crippen LogP contribution in [-0.4, -0.2) is 30.7 Å². The zero-order valence-corrected chi connectivity index (χ0v) is 12.6. The van der Waals surface area contributed by atoms with Gasteiger partial charge in [-0.15, -0.1) is 0 Å². The number of hydrogen-bond acceptors (Lipinski definition) is 4. The summed E-state index contributed by atoms with van der Waals surface area (Å²) in [4.78, 5) is 0.375. The summed E-state index contributed by atoms with van der Waals surface area (Å²) in [6.45, 7) is 0. The fourth-order valence-corrected chi connectivity index (χ4v) is 3.75. The highest BCUT2D eigenvalue weighted by molar-refractivity contribution is 7.89. The Hall–Kier alpha value is -1.02. The average Bonchev–Trinajstić information content (AvgIpc) is 2.41. The van der Waals surface area contributed by atoms with E-state index in [-0.39, 0.29) is 9.88 Å². The summed E-state index contributed by atoms with van der Waals surface area (Å²) in [5.41, 5.74) is 6.10. The number of nitrogens with two attached hydrogens (primary N) is 1. The Labute approximate surface area is 124 Å². The van der Waals surface area contributed by atoms with E-state index in [1.165, 1.54) is 12.1 Å². The lowest BCUT2D eigenvalue weighted by molar-refractivity contribution is 0.101. The summed E-state index contributed by atoms with van der Waals surface area (Å²) in [5.74, 6) is 0. The standard InChI is InChI=1S/C13H18N2O3S2/c14-13(19)9-5-7-10(8-6-9)20(17,18)15-11-3-1-2-4-12(11)16/h5-8,11-12,15-16H,1-4H2,(H2,14,19). The largest absolute Gasteiger partial charge is 0.391 e. The van der Waals surface area contributed by atoms with Crippen LogP contribution in [0.25, 0.3) is 0 Å². The van der Waals surface area contributed by atoms with Crippen molar-refractivity contribution >= 4 is 27.2 Å². The summed E-state index contributed by atoms with van der Waals surface area (Å²) < 4.78 is 27.0. The molecule has 0 saturated heterocycles. The minimum absolute atomic E-state index is 0.148. The zero-order valence-electron chi connectivity index (χ0n) is 11.0. The molecule has 2 unspecified atom stereocenters. The van der Waals surface area contributed by atoms with Gasteiger partial charge in [0.25, 0.3) is 0 Å². The third-order valence-electron chi connectivity index (χ3n) is 3.49. The van der Waals surface area contributed by atoms with E-state index >= 15 is 0 Å². The first-order valence-electron chi connectivity index (χ1n) is 6.50. The van der Waals surface area contributed by atoms with Crippen LogP contribution in [0.4, 0.5) is 0 Å². The number of benzene rings is 1. The van der Waals surface area contributed by atoms with Gasteiger partial charge in [-0.2, -0.15) is 0 Å². The van der Waals surface area contributed by atoms with E-state index < -0.39 is 22.2 Å². The van der Waals surface area contributed by atoms with E-state index in [1.807, 2.05) is 0 Å². The molecule has 20 heavy (non-hydrogen) atoms. The molecule has 0 bridgehead atoms. The van der Waals surface area contributed by atoms with Crippen molar-refractivity contribution in [3.8, 4) is 0 Å². The lowest BCUT2D eigenvalue weighted by atomic mass is 9.93. The number of thiocarbonyl (C=S) groups is 1. The normalized spacial score (nSPS) is 23.4. The molecule has 0 aliphatic heterocycles. The summed E-state index contributed by atoms with van der Waals surface area (Å²) >= 11 is 4.82. The minimum Gasteiger partial charge on any atom is -0.391 e. The second-order valence-electron chi connectivity index (χ2n) is 4.97. The van der Waals surface area contributed by atoms with Crippen molar-refractivity contribution in [3.05, 3.63) is 29.8 Å². The second kappa shape index (κ2) is 6.17. The monoisotopic (exact) mass is 314 g/mol. The van der Waals surface area contributed by atoms with Gasteiger partial charge in [0.15, 0.2) is 0 Å². The molecule has 1 fully saturated rings. The van der Waals surface area contributed by atoms with E-state index in [2.05, 4.69) is 4.72 Å². The first-order chi connectivity index (χ1) is 9.40. The van der Waals surface area contributed by atoms with Crippen LogP contribution < -0.4 is 10.5 Å². The minimum atomic E-state index is -3.63. The van der Waals surface area contributed by atoms with Gasteiger partial charge in [0, 0.05) is 11.6 Å². The van der Waals surface area contributed by atoms with Crippen LogP contribution in [0.1, 0.15) is 31.2 Å². The third kappa shape index (κ3) is 3.54. The number of hydrogen-bond donors (Lipinski definition) is 3. The van der Waals surface area contributed by atoms with Crippen molar-refractivity contribution < 1.29 is 13.5 Å². The van der Waals surface area contributed by atoms with Gasteiger partial charge in [-0.05, 0) is 25.0 Å². The maximum Gasteiger partial charge on any atom is 0.240 e. The molecular weight excluding hydrogens is 296 g/mol. The van der Waals surface area contributed by atoms with Gasteiger partial charge in [-0.25, -0.2) is 13.1 Å². The van der Waals surface area contributed by atoms with Gasteiger partial charge in [-0.1, -0.05) is 37.2 Å². The van der Waals surface area contributed by atoms with Gasteiger partial charge in [0.05, 0.1) is 11.0 Å². The van der Waals surface area contributed by atoms with Crippen molar-refractivity contribution in [3.63, 3.8) is 0 Å². The van der Waals surface area contributed by atoms with Crippen molar-refractivity contribution in [1.82, 2.24) is 4.72 Å². The van der Waals surface area contributed by atoms with Gasteiger partial charge < -0.3 is 10.8 Å². The highest BCUT2D eigenvalue weighted by Gasteiger charge is 2.28. The number of sulfonamides is 1. The SMILES string of the molecule is NC(=S)c1ccc(S(=O)(=O)NC2CCCCC2O)cc1. The molecule has 4 N–H and O–H groups in total. The molecule has 1 aliphatic rings. The first-order valence-corrected chi connectivity index (χ1v) is 8.39. The Morgan fingerprint density at radius 2 is 1.85 bits per heavy atom. The van der Waals surface area contributed by atoms with Crippen molar-refractivity contribution in [2.24, 2.45) is 5.73 Å². The highest BCUT2D eigenvalue weighted by atomic mass is 32.2. The molecule has 1 aromatic carbocycles. The maximum atomic E-state index is 12.2. The lowest BCUT2D eigenvalue weighted by Crippen LogP contribution is -2.44. The molecule has 1 aromatic rings. The van der Waals surface area contributed by atoms with Crippen LogP contribution in [0.5, 0.6) is 0 Å². The predicted molar refractivity (Wildman–Crippen MR) is 80.9 cm³/mol. The van der Waals surface area contributed by atoms with Crippen LogP contribution in [0.2, 0.25) is 0 Å². The molecular formula is C13H18N2O3S2. The van der Waals surface area contributed by atoms with Crippen LogP contribution >= 0.6 is 12.2 Å². The Balaban J connectivity index is 2.15. The molecule has 0 spiro atoms. The van der Waals surface area contributed by atoms with Gasteiger partial charge in [0.2, 0.25) is 10.0 Å². The predicted octanol–water partition coefficient (Wildman–Crippen LogP) is 0.903. The smallest absolute Gasteiger partial charge is 0.240 e. The molecule has 0 amide bonds. The number of rotatable bonds is 4. The summed E-state index contributed by atoms with van der Waals surface area (Å²) in [5, 5.41) is 9.84. The molecule has 2 atom stereocenters. The number of aliphatic hydroxyl groups is 1. The molecule has 5 nitrogen and oxygen atoms in total.